The summed E-state index contributed by atoms with van der Waals surface area (Å²) in [6.45, 7) is 0.474. The van der Waals surface area contributed by atoms with Crippen molar-refractivity contribution in [1.82, 2.24) is 0 Å². The van der Waals surface area contributed by atoms with Crippen molar-refractivity contribution >= 4 is 5.97 Å². The first-order chi connectivity index (χ1) is 11.2. The van der Waals surface area contributed by atoms with Crippen LogP contribution in [-0.4, -0.2) is 59.7 Å². The molecule has 0 radical (unpaired) electrons. The largest absolute Gasteiger partial charge is 0.467 e. The molecule has 0 aliphatic heterocycles. The van der Waals surface area contributed by atoms with E-state index in [9.17, 15) is 4.79 Å². The standard InChI is InChI=1S/C16H24O7/c1-18-11-22-14(15(16(17)20-3)23-12-19-2)10-21-9-13-7-5-4-6-8-13/h4-8,14-15H,9-12H2,1-3H3/t14-,15+/m0/s1. The summed E-state index contributed by atoms with van der Waals surface area (Å²) in [5, 5.41) is 0. The van der Waals surface area contributed by atoms with Gasteiger partial charge >= 0.3 is 5.97 Å². The second-order valence-corrected chi connectivity index (χ2v) is 4.63. The summed E-state index contributed by atoms with van der Waals surface area (Å²) in [5.74, 6) is -0.563. The van der Waals surface area contributed by atoms with Gasteiger partial charge in [-0.15, -0.1) is 0 Å². The normalized spacial score (nSPS) is 13.5. The summed E-state index contributed by atoms with van der Waals surface area (Å²) in [6.07, 6.45) is -1.65. The van der Waals surface area contributed by atoms with Crippen molar-refractivity contribution in [3.8, 4) is 0 Å². The van der Waals surface area contributed by atoms with Gasteiger partial charge in [0.15, 0.2) is 6.10 Å². The summed E-state index contributed by atoms with van der Waals surface area (Å²) >= 11 is 0. The molecule has 7 nitrogen and oxygen atoms in total. The van der Waals surface area contributed by atoms with Crippen LogP contribution in [0.15, 0.2) is 30.3 Å². The Morgan fingerprint density at radius 3 is 2.26 bits per heavy atom. The molecule has 130 valence electrons. The predicted molar refractivity (Wildman–Crippen MR) is 81.6 cm³/mol. The van der Waals surface area contributed by atoms with Crippen molar-refractivity contribution in [1.29, 1.82) is 0 Å². The highest BCUT2D eigenvalue weighted by Gasteiger charge is 2.31. The molecule has 23 heavy (non-hydrogen) atoms. The molecule has 0 aliphatic carbocycles. The lowest BCUT2D eigenvalue weighted by Gasteiger charge is -2.25. The lowest BCUT2D eigenvalue weighted by atomic mass is 10.2. The molecule has 2 atom stereocenters. The zero-order chi connectivity index (χ0) is 16.9. The van der Waals surface area contributed by atoms with E-state index in [-0.39, 0.29) is 20.2 Å². The molecule has 0 N–H and O–H groups in total. The van der Waals surface area contributed by atoms with Crippen molar-refractivity contribution in [3.05, 3.63) is 35.9 Å². The molecule has 0 amide bonds. The van der Waals surface area contributed by atoms with Crippen LogP contribution >= 0.6 is 0 Å². The molecular weight excluding hydrogens is 304 g/mol. The van der Waals surface area contributed by atoms with Crippen LogP contribution in [0.5, 0.6) is 0 Å². The average Bonchev–Trinajstić information content (AvgIpc) is 2.59. The molecule has 7 heteroatoms. The van der Waals surface area contributed by atoms with Crippen molar-refractivity contribution in [3.63, 3.8) is 0 Å². The van der Waals surface area contributed by atoms with Crippen molar-refractivity contribution < 1.29 is 33.2 Å². The van der Waals surface area contributed by atoms with E-state index in [1.807, 2.05) is 30.3 Å². The van der Waals surface area contributed by atoms with Gasteiger partial charge in [-0.2, -0.15) is 0 Å². The third kappa shape index (κ3) is 7.54. The van der Waals surface area contributed by atoms with E-state index in [0.717, 1.165) is 5.56 Å². The summed E-state index contributed by atoms with van der Waals surface area (Å²) in [4.78, 5) is 11.9. The minimum atomic E-state index is -0.967. The smallest absolute Gasteiger partial charge is 0.337 e. The first kappa shape index (κ1) is 19.5. The Balaban J connectivity index is 2.61. The molecule has 0 unspecified atom stereocenters. The zero-order valence-electron chi connectivity index (χ0n) is 13.7. The Kier molecular flexibility index (Phi) is 10.2. The van der Waals surface area contributed by atoms with E-state index in [0.29, 0.717) is 6.61 Å². The third-order valence-corrected chi connectivity index (χ3v) is 2.93. The molecular formula is C16H24O7. The number of carbonyl (C=O) groups excluding carboxylic acids is 1. The number of carbonyl (C=O) groups is 1. The number of ether oxygens (including phenoxy) is 6. The van der Waals surface area contributed by atoms with Crippen molar-refractivity contribution in [2.45, 2.75) is 18.8 Å². The minimum absolute atomic E-state index is 0.00317. The van der Waals surface area contributed by atoms with E-state index < -0.39 is 18.2 Å². The van der Waals surface area contributed by atoms with Crippen LogP contribution < -0.4 is 0 Å². The van der Waals surface area contributed by atoms with Gasteiger partial charge in [0.2, 0.25) is 0 Å². The van der Waals surface area contributed by atoms with Gasteiger partial charge in [-0.05, 0) is 5.56 Å². The second kappa shape index (κ2) is 12.0. The van der Waals surface area contributed by atoms with E-state index in [4.69, 9.17) is 28.4 Å². The molecule has 1 rings (SSSR count). The van der Waals surface area contributed by atoms with Gasteiger partial charge in [0, 0.05) is 14.2 Å². The van der Waals surface area contributed by atoms with Gasteiger partial charge < -0.3 is 28.4 Å². The Hall–Kier alpha value is -1.51. The molecule has 0 saturated carbocycles. The molecule has 0 aromatic heterocycles. The van der Waals surface area contributed by atoms with E-state index in [1.165, 1.54) is 21.3 Å². The number of hydrogen-bond donors (Lipinski definition) is 0. The van der Waals surface area contributed by atoms with Gasteiger partial charge in [0.05, 0.1) is 20.3 Å². The van der Waals surface area contributed by atoms with Crippen molar-refractivity contribution in [2.75, 3.05) is 41.5 Å². The predicted octanol–water partition coefficient (Wildman–Crippen LogP) is 1.35. The average molecular weight is 328 g/mol. The highest BCUT2D eigenvalue weighted by Crippen LogP contribution is 2.10. The van der Waals surface area contributed by atoms with Gasteiger partial charge in [-0.25, -0.2) is 4.79 Å². The van der Waals surface area contributed by atoms with E-state index in [2.05, 4.69) is 0 Å². The molecule has 0 spiro atoms. The summed E-state index contributed by atoms with van der Waals surface area (Å²) in [5.41, 5.74) is 1.02. The van der Waals surface area contributed by atoms with Crippen LogP contribution in [-0.2, 0) is 39.8 Å². The maximum absolute atomic E-state index is 11.9. The zero-order valence-corrected chi connectivity index (χ0v) is 13.7. The van der Waals surface area contributed by atoms with Crippen LogP contribution in [0.4, 0.5) is 0 Å². The van der Waals surface area contributed by atoms with Crippen LogP contribution in [0, 0.1) is 0 Å². The monoisotopic (exact) mass is 328 g/mol. The Bertz CT molecular complexity index is 424. The van der Waals surface area contributed by atoms with Gasteiger partial charge in [-0.1, -0.05) is 30.3 Å². The molecule has 1 aromatic carbocycles. The molecule has 0 saturated heterocycles. The Morgan fingerprint density at radius 2 is 1.65 bits per heavy atom. The fourth-order valence-corrected chi connectivity index (χ4v) is 1.83. The molecule has 1 aromatic rings. The second-order valence-electron chi connectivity index (χ2n) is 4.63. The van der Waals surface area contributed by atoms with Crippen LogP contribution in [0.3, 0.4) is 0 Å². The van der Waals surface area contributed by atoms with Gasteiger partial charge in [-0.3, -0.25) is 0 Å². The quantitative estimate of drug-likeness (QED) is 0.424. The first-order valence-electron chi connectivity index (χ1n) is 7.13. The molecule has 0 heterocycles. The van der Waals surface area contributed by atoms with Crippen LogP contribution in [0.2, 0.25) is 0 Å². The number of methoxy groups -OCH3 is 3. The van der Waals surface area contributed by atoms with E-state index >= 15 is 0 Å². The number of hydrogen-bond acceptors (Lipinski definition) is 7. The first-order valence-corrected chi connectivity index (χ1v) is 7.13. The number of benzene rings is 1. The van der Waals surface area contributed by atoms with Crippen LogP contribution in [0.1, 0.15) is 5.56 Å². The highest BCUT2D eigenvalue weighted by atomic mass is 16.7. The Labute approximate surface area is 136 Å². The van der Waals surface area contributed by atoms with E-state index in [1.54, 1.807) is 0 Å². The van der Waals surface area contributed by atoms with Crippen molar-refractivity contribution in [2.24, 2.45) is 0 Å². The molecule has 0 fully saturated rings. The Morgan fingerprint density at radius 1 is 1.00 bits per heavy atom. The lowest BCUT2D eigenvalue weighted by Crippen LogP contribution is -2.43. The summed E-state index contributed by atoms with van der Waals surface area (Å²) in [7, 11) is 4.24. The fourth-order valence-electron chi connectivity index (χ4n) is 1.83. The number of esters is 1. The molecule has 0 aliphatic rings. The fraction of sp³-hybridized carbons (Fsp3) is 0.562. The minimum Gasteiger partial charge on any atom is -0.467 e. The maximum Gasteiger partial charge on any atom is 0.337 e. The summed E-state index contributed by atoms with van der Waals surface area (Å²) in [6, 6.07) is 9.68. The van der Waals surface area contributed by atoms with Gasteiger partial charge in [0.1, 0.15) is 19.7 Å². The topological polar surface area (TPSA) is 72.5 Å². The maximum atomic E-state index is 11.9. The van der Waals surface area contributed by atoms with Crippen LogP contribution in [0.25, 0.3) is 0 Å². The lowest BCUT2D eigenvalue weighted by molar-refractivity contribution is -0.195. The number of rotatable bonds is 12. The van der Waals surface area contributed by atoms with Gasteiger partial charge in [0.25, 0.3) is 0 Å². The SMILES string of the molecule is COCO[C@@H](COCc1ccccc1)[C@@H](OCOC)C(=O)OC. The third-order valence-electron chi connectivity index (χ3n) is 2.93. The molecule has 0 bridgehead atoms. The summed E-state index contributed by atoms with van der Waals surface area (Å²) < 4.78 is 30.9. The highest BCUT2D eigenvalue weighted by molar-refractivity contribution is 5.75.